The van der Waals surface area contributed by atoms with E-state index in [-0.39, 0.29) is 24.8 Å². The summed E-state index contributed by atoms with van der Waals surface area (Å²) in [6.07, 6.45) is 7.98. The molecule has 0 nitrogen and oxygen atoms in total. The molecule has 0 atom stereocenters. The van der Waals surface area contributed by atoms with Gasteiger partial charge in [-0.05, 0) is 0 Å². The molecule has 0 spiro atoms. The second-order valence-corrected chi connectivity index (χ2v) is 10.7. The fourth-order valence-electron chi connectivity index (χ4n) is 2.38. The molecule has 0 saturated carbocycles. The third-order valence-electron chi connectivity index (χ3n) is 3.22. The molecule has 0 unspecified atom stereocenters. The quantitative estimate of drug-likeness (QED) is 0.536. The van der Waals surface area contributed by atoms with Gasteiger partial charge in [0.1, 0.15) is 0 Å². The molecule has 0 saturated heterocycles. The Morgan fingerprint density at radius 1 is 0.700 bits per heavy atom. The predicted molar refractivity (Wildman–Crippen MR) is 74.0 cm³/mol. The first-order valence-electron chi connectivity index (χ1n) is 6.29. The second kappa shape index (κ2) is 8.62. The van der Waals surface area contributed by atoms with Crippen molar-refractivity contribution >= 4 is 6.54 Å². The number of rotatable bonds is 3. The molecule has 20 heavy (non-hydrogen) atoms. The molecule has 0 aliphatic heterocycles. The van der Waals surface area contributed by atoms with Crippen LogP contribution in [0.1, 0.15) is 6.42 Å². The first-order chi connectivity index (χ1) is 8.95. The van der Waals surface area contributed by atoms with Gasteiger partial charge in [-0.1, -0.05) is 0 Å². The van der Waals surface area contributed by atoms with Gasteiger partial charge in [0, 0.05) is 0 Å². The summed E-state index contributed by atoms with van der Waals surface area (Å²) >= 11 is -1.87. The number of benzene rings is 2. The molecule has 101 valence electrons. The second-order valence-electron chi connectivity index (χ2n) is 4.43. The molecule has 3 rings (SSSR count). The van der Waals surface area contributed by atoms with Crippen molar-refractivity contribution in [1.29, 1.82) is 0 Å². The van der Waals surface area contributed by atoms with Gasteiger partial charge in [-0.25, -0.2) is 0 Å². The van der Waals surface area contributed by atoms with E-state index in [9.17, 15) is 0 Å². The summed E-state index contributed by atoms with van der Waals surface area (Å²) in [7, 11) is 0. The van der Waals surface area contributed by atoms with Crippen LogP contribution in [-0.2, 0) is 21.8 Å². The zero-order valence-corrected chi connectivity index (χ0v) is 14.9. The van der Waals surface area contributed by atoms with Gasteiger partial charge in [-0.3, -0.25) is 0 Å². The van der Waals surface area contributed by atoms with Crippen molar-refractivity contribution in [2.75, 3.05) is 0 Å². The Bertz CT molecular complexity index is 537. The Morgan fingerprint density at radius 2 is 1.20 bits per heavy atom. The van der Waals surface area contributed by atoms with Gasteiger partial charge in [0.15, 0.2) is 0 Å². The van der Waals surface area contributed by atoms with Gasteiger partial charge >= 0.3 is 117 Å². The SMILES string of the molecule is C1=CC[C]([Zr+2]([c]2ccccc2)[c]2ccccc2)=C1.[Cl-].[Cl-]. The van der Waals surface area contributed by atoms with E-state index >= 15 is 0 Å². The van der Waals surface area contributed by atoms with E-state index in [0.29, 0.717) is 0 Å². The zero-order chi connectivity index (χ0) is 12.2. The molecular weight excluding hydrogens is 366 g/mol. The molecule has 3 heteroatoms. The Balaban J connectivity index is 0.000001000. The Kier molecular flexibility index (Phi) is 7.52. The van der Waals surface area contributed by atoms with Crippen molar-refractivity contribution in [2.24, 2.45) is 0 Å². The van der Waals surface area contributed by atoms with E-state index in [1.165, 1.54) is 0 Å². The summed E-state index contributed by atoms with van der Waals surface area (Å²) in [5.74, 6) is 0. The third-order valence-corrected chi connectivity index (χ3v) is 10.2. The molecule has 1 aliphatic rings. The fourth-order valence-corrected chi connectivity index (χ4v) is 9.04. The van der Waals surface area contributed by atoms with Gasteiger partial charge in [0.25, 0.3) is 0 Å². The molecule has 0 fully saturated rings. The van der Waals surface area contributed by atoms with Gasteiger partial charge in [-0.2, -0.15) is 0 Å². The third kappa shape index (κ3) is 3.95. The van der Waals surface area contributed by atoms with Crippen LogP contribution in [0.15, 0.2) is 82.2 Å². The summed E-state index contributed by atoms with van der Waals surface area (Å²) < 4.78 is 4.82. The van der Waals surface area contributed by atoms with E-state index in [4.69, 9.17) is 0 Å². The van der Waals surface area contributed by atoms with Crippen LogP contribution < -0.4 is 31.4 Å². The summed E-state index contributed by atoms with van der Waals surface area (Å²) in [5.41, 5.74) is 0. The van der Waals surface area contributed by atoms with E-state index in [1.54, 1.807) is 9.82 Å². The number of hydrogen-bond donors (Lipinski definition) is 0. The monoisotopic (exact) mass is 379 g/mol. The first kappa shape index (κ1) is 17.4. The van der Waals surface area contributed by atoms with E-state index in [2.05, 4.69) is 78.9 Å². The molecule has 0 radical (unpaired) electrons. The van der Waals surface area contributed by atoms with Crippen molar-refractivity contribution in [3.63, 3.8) is 0 Å². The van der Waals surface area contributed by atoms with Gasteiger partial charge in [0.2, 0.25) is 0 Å². The smallest absolute Gasteiger partial charge is 1.00 e. The minimum atomic E-state index is -1.87. The molecule has 0 N–H and O–H groups in total. The maximum atomic E-state index is 2.34. The van der Waals surface area contributed by atoms with Crippen molar-refractivity contribution < 1.29 is 46.6 Å². The van der Waals surface area contributed by atoms with Crippen LogP contribution in [0, 0.1) is 0 Å². The average molecular weight is 381 g/mol. The number of hydrogen-bond acceptors (Lipinski definition) is 0. The zero-order valence-electron chi connectivity index (χ0n) is 11.0. The maximum absolute atomic E-state index is 2.34. The van der Waals surface area contributed by atoms with E-state index in [1.807, 2.05) is 0 Å². The molecule has 1 aliphatic carbocycles. The van der Waals surface area contributed by atoms with Crippen LogP contribution in [0.5, 0.6) is 0 Å². The standard InChI is InChI=1S/2C6H5.C5H5.2ClH.Zr/c2*1-2-4-6-5-3-1;1-2-4-5-3-1;;;/h2*1-5H;1-3H,4H2;2*1H;/q;;;;;+2/p-2. The summed E-state index contributed by atoms with van der Waals surface area (Å²) in [6, 6.07) is 22.1. The van der Waals surface area contributed by atoms with Crippen molar-refractivity contribution in [3.05, 3.63) is 82.2 Å². The predicted octanol–water partition coefficient (Wildman–Crippen LogP) is -2.89. The number of allylic oxidation sites excluding steroid dienone is 4. The first-order valence-corrected chi connectivity index (χ1v) is 9.98. The Hall–Kier alpha value is -0.617. The average Bonchev–Trinajstić information content (AvgIpc) is 2.95. The van der Waals surface area contributed by atoms with E-state index < -0.39 is 21.8 Å². The largest absolute Gasteiger partial charge is 1.00 e. The molecule has 0 amide bonds. The van der Waals surface area contributed by atoms with Crippen LogP contribution >= 0.6 is 0 Å². The normalized spacial score (nSPS) is 12.1. The van der Waals surface area contributed by atoms with Crippen LogP contribution in [0.4, 0.5) is 0 Å². The maximum Gasteiger partial charge on any atom is -1.00 e. The fraction of sp³-hybridized carbons (Fsp3) is 0.0588. The Morgan fingerprint density at radius 3 is 1.60 bits per heavy atom. The molecule has 0 aromatic heterocycles. The Labute approximate surface area is 141 Å². The van der Waals surface area contributed by atoms with E-state index in [0.717, 1.165) is 6.42 Å². The molecule has 0 bridgehead atoms. The van der Waals surface area contributed by atoms with Crippen LogP contribution in [-0.4, -0.2) is 0 Å². The van der Waals surface area contributed by atoms with Crippen molar-refractivity contribution in [3.8, 4) is 0 Å². The topological polar surface area (TPSA) is 0 Å². The van der Waals surface area contributed by atoms with Gasteiger partial charge in [-0.15, -0.1) is 0 Å². The van der Waals surface area contributed by atoms with Crippen LogP contribution in [0.25, 0.3) is 0 Å². The minimum Gasteiger partial charge on any atom is -1.00 e. The molecule has 2 aromatic rings. The molecular formula is C17H15Cl2Zr. The minimum absolute atomic E-state index is 0. The summed E-state index contributed by atoms with van der Waals surface area (Å²) in [4.78, 5) is 0. The van der Waals surface area contributed by atoms with Crippen molar-refractivity contribution in [1.82, 2.24) is 0 Å². The molecule has 0 heterocycles. The molecule has 2 aromatic carbocycles. The number of halogens is 2. The van der Waals surface area contributed by atoms with Crippen molar-refractivity contribution in [2.45, 2.75) is 6.42 Å². The summed E-state index contributed by atoms with van der Waals surface area (Å²) in [5, 5.41) is 0. The van der Waals surface area contributed by atoms with Gasteiger partial charge in [0.05, 0.1) is 0 Å². The summed E-state index contributed by atoms with van der Waals surface area (Å²) in [6.45, 7) is 0. The van der Waals surface area contributed by atoms with Gasteiger partial charge < -0.3 is 24.8 Å². The van der Waals surface area contributed by atoms with Crippen LogP contribution in [0.2, 0.25) is 0 Å². The van der Waals surface area contributed by atoms with Crippen LogP contribution in [0.3, 0.4) is 0 Å².